The van der Waals surface area contributed by atoms with Gasteiger partial charge in [-0.15, -0.1) is 11.8 Å². The van der Waals surface area contributed by atoms with Crippen LogP contribution < -0.4 is 10.1 Å². The Morgan fingerprint density at radius 1 is 1.16 bits per heavy atom. The van der Waals surface area contributed by atoms with Gasteiger partial charge in [0.1, 0.15) is 19.0 Å². The van der Waals surface area contributed by atoms with E-state index in [0.29, 0.717) is 17.0 Å². The molecular weight excluding hydrogens is 338 g/mol. The maximum Gasteiger partial charge on any atom is 0.338 e. The van der Waals surface area contributed by atoms with Gasteiger partial charge in [-0.05, 0) is 49.2 Å². The number of aryl methyl sites for hydroxylation is 2. The van der Waals surface area contributed by atoms with E-state index in [0.717, 1.165) is 21.8 Å². The first-order chi connectivity index (χ1) is 12.0. The Balaban J connectivity index is 1.53. The van der Waals surface area contributed by atoms with Crippen molar-refractivity contribution in [1.29, 1.82) is 0 Å². The summed E-state index contributed by atoms with van der Waals surface area (Å²) in [4.78, 5) is 24.5. The predicted octanol–water partition coefficient (Wildman–Crippen LogP) is 3.58. The summed E-state index contributed by atoms with van der Waals surface area (Å²) in [6, 6.07) is 11.2. The van der Waals surface area contributed by atoms with Gasteiger partial charge in [0.25, 0.3) is 0 Å². The summed E-state index contributed by atoms with van der Waals surface area (Å²) in [5.41, 5.74) is 3.22. The predicted molar refractivity (Wildman–Crippen MR) is 97.5 cm³/mol. The Morgan fingerprint density at radius 2 is 2.00 bits per heavy atom. The van der Waals surface area contributed by atoms with E-state index in [-0.39, 0.29) is 19.1 Å². The molecule has 0 unspecified atom stereocenters. The first-order valence-electron chi connectivity index (χ1n) is 7.97. The molecule has 0 saturated heterocycles. The molecule has 0 radical (unpaired) electrons. The molecule has 1 N–H and O–H groups in total. The van der Waals surface area contributed by atoms with E-state index in [2.05, 4.69) is 5.32 Å². The maximum atomic E-state index is 12.1. The van der Waals surface area contributed by atoms with Gasteiger partial charge in [0.15, 0.2) is 0 Å². The number of nitrogens with one attached hydrogen (secondary N) is 1. The molecule has 1 amide bonds. The summed E-state index contributed by atoms with van der Waals surface area (Å²) >= 11 is 1.45. The van der Waals surface area contributed by atoms with E-state index < -0.39 is 5.97 Å². The molecule has 2 aromatic carbocycles. The third-order valence-electron chi connectivity index (χ3n) is 3.77. The highest BCUT2D eigenvalue weighted by Crippen LogP contribution is 2.32. The lowest BCUT2D eigenvalue weighted by Crippen LogP contribution is -2.19. The number of amides is 1. The molecule has 0 aromatic heterocycles. The van der Waals surface area contributed by atoms with Crippen LogP contribution in [0.25, 0.3) is 0 Å². The van der Waals surface area contributed by atoms with Crippen LogP contribution in [0.15, 0.2) is 41.3 Å². The fraction of sp³-hybridized carbons (Fsp3) is 0.263. The van der Waals surface area contributed by atoms with Crippen LogP contribution in [0.2, 0.25) is 0 Å². The molecule has 0 atom stereocenters. The molecule has 0 spiro atoms. The van der Waals surface area contributed by atoms with E-state index in [1.807, 2.05) is 38.1 Å². The van der Waals surface area contributed by atoms with Crippen LogP contribution in [0.3, 0.4) is 0 Å². The fourth-order valence-electron chi connectivity index (χ4n) is 2.44. The molecule has 1 aliphatic rings. The van der Waals surface area contributed by atoms with E-state index in [1.54, 1.807) is 12.1 Å². The molecule has 1 heterocycles. The molecule has 0 fully saturated rings. The minimum Gasteiger partial charge on any atom is -0.490 e. The fourth-order valence-corrected chi connectivity index (χ4v) is 3.23. The van der Waals surface area contributed by atoms with Crippen molar-refractivity contribution >= 4 is 29.3 Å². The van der Waals surface area contributed by atoms with E-state index in [4.69, 9.17) is 9.47 Å². The minimum absolute atomic E-state index is 0.0649. The van der Waals surface area contributed by atoms with E-state index in [9.17, 15) is 9.59 Å². The Bertz CT molecular complexity index is 819. The van der Waals surface area contributed by atoms with Gasteiger partial charge in [-0.3, -0.25) is 4.79 Å². The lowest BCUT2D eigenvalue weighted by atomic mass is 10.1. The smallest absolute Gasteiger partial charge is 0.338 e. The second-order valence-electron chi connectivity index (χ2n) is 5.80. The van der Waals surface area contributed by atoms with Crippen LogP contribution in [-0.2, 0) is 9.53 Å². The van der Waals surface area contributed by atoms with Crippen LogP contribution in [0.1, 0.15) is 21.5 Å². The van der Waals surface area contributed by atoms with Crippen molar-refractivity contribution in [1.82, 2.24) is 0 Å². The molecule has 2 aromatic rings. The molecule has 0 aliphatic carbocycles. The minimum atomic E-state index is -0.433. The van der Waals surface area contributed by atoms with Crippen molar-refractivity contribution in [2.45, 2.75) is 18.7 Å². The highest BCUT2D eigenvalue weighted by atomic mass is 32.2. The average Bonchev–Trinajstić information content (AvgIpc) is 2.60. The summed E-state index contributed by atoms with van der Waals surface area (Å²) < 4.78 is 10.9. The van der Waals surface area contributed by atoms with Crippen molar-refractivity contribution in [3.63, 3.8) is 0 Å². The van der Waals surface area contributed by atoms with Crippen LogP contribution in [0, 0.1) is 13.8 Å². The third kappa shape index (κ3) is 4.33. The van der Waals surface area contributed by atoms with Crippen molar-refractivity contribution in [3.05, 3.63) is 53.1 Å². The largest absolute Gasteiger partial charge is 0.490 e. The van der Waals surface area contributed by atoms with Gasteiger partial charge in [0.2, 0.25) is 5.91 Å². The first-order valence-corrected chi connectivity index (χ1v) is 8.95. The van der Waals surface area contributed by atoms with Crippen molar-refractivity contribution in [2.75, 3.05) is 24.3 Å². The quantitative estimate of drug-likeness (QED) is 0.654. The van der Waals surface area contributed by atoms with Gasteiger partial charge in [0.05, 0.1) is 17.0 Å². The van der Waals surface area contributed by atoms with E-state index >= 15 is 0 Å². The Hall–Kier alpha value is -2.47. The van der Waals surface area contributed by atoms with Crippen LogP contribution in [0.5, 0.6) is 5.75 Å². The van der Waals surface area contributed by atoms with Crippen LogP contribution in [-0.4, -0.2) is 30.8 Å². The molecule has 1 aliphatic heterocycles. The van der Waals surface area contributed by atoms with Gasteiger partial charge in [-0.25, -0.2) is 4.79 Å². The van der Waals surface area contributed by atoms with Crippen molar-refractivity contribution in [3.8, 4) is 5.75 Å². The number of hydrogen-bond acceptors (Lipinski definition) is 5. The maximum absolute atomic E-state index is 12.1. The van der Waals surface area contributed by atoms with Crippen LogP contribution >= 0.6 is 11.8 Å². The Kier molecular flexibility index (Phi) is 5.28. The SMILES string of the molecule is Cc1ccc(C)c(OCCOC(=O)c2ccc3c(c2)NC(=O)CS3)c1. The highest BCUT2D eigenvalue weighted by molar-refractivity contribution is 8.00. The zero-order chi connectivity index (χ0) is 17.8. The second-order valence-corrected chi connectivity index (χ2v) is 6.82. The van der Waals surface area contributed by atoms with Crippen molar-refractivity contribution in [2.24, 2.45) is 0 Å². The number of rotatable bonds is 5. The normalized spacial score (nSPS) is 13.0. The number of hydrogen-bond donors (Lipinski definition) is 1. The number of esters is 1. The van der Waals surface area contributed by atoms with Gasteiger partial charge in [0, 0.05) is 4.90 Å². The molecule has 6 heteroatoms. The highest BCUT2D eigenvalue weighted by Gasteiger charge is 2.17. The molecule has 5 nitrogen and oxygen atoms in total. The number of carbonyl (C=O) groups is 2. The zero-order valence-corrected chi connectivity index (χ0v) is 14.9. The monoisotopic (exact) mass is 357 g/mol. The summed E-state index contributed by atoms with van der Waals surface area (Å²) in [6.07, 6.45) is 0. The number of anilines is 1. The number of benzene rings is 2. The second kappa shape index (κ2) is 7.61. The van der Waals surface area contributed by atoms with Gasteiger partial charge >= 0.3 is 5.97 Å². The third-order valence-corrected chi connectivity index (χ3v) is 4.84. The number of carbonyl (C=O) groups excluding carboxylic acids is 2. The molecule has 3 rings (SSSR count). The summed E-state index contributed by atoms with van der Waals surface area (Å²) in [5, 5.41) is 2.76. The van der Waals surface area contributed by atoms with Gasteiger partial charge < -0.3 is 14.8 Å². The molecule has 0 bridgehead atoms. The van der Waals surface area contributed by atoms with Crippen molar-refractivity contribution < 1.29 is 19.1 Å². The molecular formula is C19H19NO4S. The zero-order valence-electron chi connectivity index (χ0n) is 14.1. The standard InChI is InChI=1S/C19H19NO4S/c1-12-3-4-13(2)16(9-12)23-7-8-24-19(22)14-5-6-17-15(10-14)20-18(21)11-25-17/h3-6,9-10H,7-8,11H2,1-2H3,(H,20,21). The number of thioether (sulfide) groups is 1. The molecule has 130 valence electrons. The molecule has 25 heavy (non-hydrogen) atoms. The summed E-state index contributed by atoms with van der Waals surface area (Å²) in [6.45, 7) is 4.41. The Labute approximate surface area is 150 Å². The molecule has 0 saturated carbocycles. The lowest BCUT2D eigenvalue weighted by Gasteiger charge is -2.16. The van der Waals surface area contributed by atoms with E-state index in [1.165, 1.54) is 11.8 Å². The van der Waals surface area contributed by atoms with Crippen LogP contribution in [0.4, 0.5) is 5.69 Å². The average molecular weight is 357 g/mol. The summed E-state index contributed by atoms with van der Waals surface area (Å²) in [7, 11) is 0. The number of fused-ring (bicyclic) bond motifs is 1. The summed E-state index contributed by atoms with van der Waals surface area (Å²) in [5.74, 6) is 0.693. The topological polar surface area (TPSA) is 64.6 Å². The Morgan fingerprint density at radius 3 is 2.84 bits per heavy atom. The van der Waals surface area contributed by atoms with Gasteiger partial charge in [-0.1, -0.05) is 12.1 Å². The van der Waals surface area contributed by atoms with Gasteiger partial charge in [-0.2, -0.15) is 0 Å². The first kappa shape index (κ1) is 17.4. The number of ether oxygens (including phenoxy) is 2. The lowest BCUT2D eigenvalue weighted by molar-refractivity contribution is -0.113.